The van der Waals surface area contributed by atoms with Gasteiger partial charge >= 0.3 is 0 Å². The van der Waals surface area contributed by atoms with Gasteiger partial charge in [0, 0.05) is 18.8 Å². The molecule has 0 aliphatic carbocycles. The third kappa shape index (κ3) is 2.18. The van der Waals surface area contributed by atoms with Crippen LogP contribution in [0.5, 0.6) is 5.88 Å². The van der Waals surface area contributed by atoms with E-state index in [1.807, 2.05) is 0 Å². The van der Waals surface area contributed by atoms with E-state index in [1.165, 1.54) is 7.11 Å². The van der Waals surface area contributed by atoms with E-state index in [0.717, 1.165) is 5.56 Å². The summed E-state index contributed by atoms with van der Waals surface area (Å²) >= 11 is 0. The molecule has 0 radical (unpaired) electrons. The number of ether oxygens (including phenoxy) is 1. The number of hydrogen-bond donors (Lipinski definition) is 1. The Morgan fingerprint density at radius 1 is 1.73 bits per heavy atom. The third-order valence-electron chi connectivity index (χ3n) is 1.28. The molecule has 0 aliphatic rings. The number of pyridine rings is 1. The van der Waals surface area contributed by atoms with Crippen molar-refractivity contribution in [1.29, 1.82) is 0 Å². The zero-order valence-corrected chi connectivity index (χ0v) is 6.20. The number of hydroxylamine groups is 1. The average Bonchev–Trinajstić information content (AvgIpc) is 2.06. The Hall–Kier alpha value is -1.13. The van der Waals surface area contributed by atoms with E-state index in [2.05, 4.69) is 4.98 Å². The quantitative estimate of drug-likeness (QED) is 0.648. The monoisotopic (exact) mass is 153 g/mol. The highest BCUT2D eigenvalue weighted by Gasteiger charge is 1.92. The van der Waals surface area contributed by atoms with E-state index in [9.17, 15) is 5.21 Å². The maximum absolute atomic E-state index is 9.99. The van der Waals surface area contributed by atoms with E-state index in [4.69, 9.17) is 4.74 Å². The van der Waals surface area contributed by atoms with Gasteiger partial charge in [-0.25, -0.2) is 4.98 Å². The molecule has 0 unspecified atom stereocenters. The van der Waals surface area contributed by atoms with Gasteiger partial charge in [0.2, 0.25) is 5.88 Å². The molecule has 1 aromatic heterocycles. The van der Waals surface area contributed by atoms with Gasteiger partial charge in [0.05, 0.1) is 7.11 Å². The summed E-state index contributed by atoms with van der Waals surface area (Å²) in [4.78, 5) is 3.89. The zero-order chi connectivity index (χ0) is 8.10. The SMILES string of the molecule is COc1cc(CN[O-])ccn1. The van der Waals surface area contributed by atoms with Crippen molar-refractivity contribution >= 4 is 0 Å². The largest absolute Gasteiger partial charge is 0.788 e. The maximum Gasteiger partial charge on any atom is 0.213 e. The van der Waals surface area contributed by atoms with Crippen LogP contribution >= 0.6 is 0 Å². The molecule has 1 N–H and O–H groups in total. The van der Waals surface area contributed by atoms with Crippen LogP contribution in [0.1, 0.15) is 5.56 Å². The van der Waals surface area contributed by atoms with Crippen LogP contribution in [0.15, 0.2) is 18.3 Å². The smallest absolute Gasteiger partial charge is 0.213 e. The van der Waals surface area contributed by atoms with E-state index in [1.54, 1.807) is 23.8 Å². The molecule has 4 heteroatoms. The summed E-state index contributed by atoms with van der Waals surface area (Å²) in [5, 5.41) is 9.99. The van der Waals surface area contributed by atoms with Gasteiger partial charge < -0.3 is 15.4 Å². The molecule has 0 spiro atoms. The first-order valence-electron chi connectivity index (χ1n) is 3.20. The molecule has 1 aromatic rings. The number of nitrogens with zero attached hydrogens (tertiary/aromatic N) is 1. The van der Waals surface area contributed by atoms with Crippen molar-refractivity contribution in [3.05, 3.63) is 29.1 Å². The molecule has 60 valence electrons. The molecular weight excluding hydrogens is 144 g/mol. The first-order valence-corrected chi connectivity index (χ1v) is 3.20. The fourth-order valence-corrected chi connectivity index (χ4v) is 0.755. The summed E-state index contributed by atoms with van der Waals surface area (Å²) in [7, 11) is 1.54. The lowest BCUT2D eigenvalue weighted by Gasteiger charge is -2.07. The summed E-state index contributed by atoms with van der Waals surface area (Å²) in [6.45, 7) is 0.291. The second-order valence-corrected chi connectivity index (χ2v) is 2.03. The Kier molecular flexibility index (Phi) is 2.83. The minimum Gasteiger partial charge on any atom is -0.788 e. The molecule has 1 heterocycles. The van der Waals surface area contributed by atoms with Crippen molar-refractivity contribution in [2.24, 2.45) is 0 Å². The highest BCUT2D eigenvalue weighted by atomic mass is 16.5. The Labute approximate surface area is 64.8 Å². The van der Waals surface area contributed by atoms with Gasteiger partial charge in [0.15, 0.2) is 0 Å². The maximum atomic E-state index is 9.99. The fourth-order valence-electron chi connectivity index (χ4n) is 0.755. The molecule has 4 nitrogen and oxygen atoms in total. The molecule has 0 atom stereocenters. The predicted octanol–water partition coefficient (Wildman–Crippen LogP) is 0.678. The second kappa shape index (κ2) is 3.90. The summed E-state index contributed by atoms with van der Waals surface area (Å²) < 4.78 is 4.86. The lowest BCUT2D eigenvalue weighted by molar-refractivity contribution is 0.397. The summed E-state index contributed by atoms with van der Waals surface area (Å²) in [6, 6.07) is 3.47. The lowest BCUT2D eigenvalue weighted by atomic mass is 10.3. The number of aromatic nitrogens is 1. The second-order valence-electron chi connectivity index (χ2n) is 2.03. The third-order valence-corrected chi connectivity index (χ3v) is 1.28. The lowest BCUT2D eigenvalue weighted by Crippen LogP contribution is -2.02. The van der Waals surface area contributed by atoms with Crippen molar-refractivity contribution < 1.29 is 4.74 Å². The zero-order valence-electron chi connectivity index (χ0n) is 6.20. The van der Waals surface area contributed by atoms with Crippen molar-refractivity contribution in [1.82, 2.24) is 10.5 Å². The van der Waals surface area contributed by atoms with E-state index in [-0.39, 0.29) is 0 Å². The topological polar surface area (TPSA) is 57.2 Å². The molecule has 0 saturated heterocycles. The van der Waals surface area contributed by atoms with Crippen LogP contribution < -0.4 is 10.2 Å². The number of methoxy groups -OCH3 is 1. The van der Waals surface area contributed by atoms with Gasteiger partial charge in [-0.1, -0.05) is 0 Å². The highest BCUT2D eigenvalue weighted by molar-refractivity contribution is 5.20. The Morgan fingerprint density at radius 2 is 2.55 bits per heavy atom. The van der Waals surface area contributed by atoms with Gasteiger partial charge in [-0.15, -0.1) is 0 Å². The molecule has 0 aromatic carbocycles. The van der Waals surface area contributed by atoms with Gasteiger partial charge in [-0.05, 0) is 11.6 Å². The number of rotatable bonds is 3. The van der Waals surface area contributed by atoms with Crippen molar-refractivity contribution in [3.8, 4) is 5.88 Å². The number of nitrogens with one attached hydrogen (secondary N) is 1. The van der Waals surface area contributed by atoms with Gasteiger partial charge in [0.1, 0.15) is 0 Å². The van der Waals surface area contributed by atoms with Crippen molar-refractivity contribution in [2.75, 3.05) is 7.11 Å². The van der Waals surface area contributed by atoms with E-state index >= 15 is 0 Å². The minimum atomic E-state index is 0.291. The summed E-state index contributed by atoms with van der Waals surface area (Å²) in [6.07, 6.45) is 1.60. The highest BCUT2D eigenvalue weighted by Crippen LogP contribution is 2.07. The van der Waals surface area contributed by atoms with Crippen LogP contribution in [0.3, 0.4) is 0 Å². The molecule has 0 saturated carbocycles. The summed E-state index contributed by atoms with van der Waals surface area (Å²) in [5.74, 6) is 0.526. The Morgan fingerprint density at radius 3 is 3.18 bits per heavy atom. The van der Waals surface area contributed by atoms with Crippen molar-refractivity contribution in [2.45, 2.75) is 6.54 Å². The molecule has 0 bridgehead atoms. The van der Waals surface area contributed by atoms with Crippen LogP contribution in [0.25, 0.3) is 0 Å². The molecule has 11 heavy (non-hydrogen) atoms. The van der Waals surface area contributed by atoms with Crippen molar-refractivity contribution in [3.63, 3.8) is 0 Å². The molecule has 0 amide bonds. The van der Waals surface area contributed by atoms with E-state index < -0.39 is 0 Å². The Balaban J connectivity index is 2.74. The Bertz CT molecular complexity index is 227. The fraction of sp³-hybridized carbons (Fsp3) is 0.286. The van der Waals surface area contributed by atoms with Crippen LogP contribution in [-0.2, 0) is 6.54 Å². The number of hydrogen-bond acceptors (Lipinski definition) is 4. The van der Waals surface area contributed by atoms with Gasteiger partial charge in [0.25, 0.3) is 0 Å². The van der Waals surface area contributed by atoms with Crippen LogP contribution in [0, 0.1) is 5.21 Å². The normalized spacial score (nSPS) is 9.64. The predicted molar refractivity (Wildman–Crippen MR) is 41.0 cm³/mol. The first-order chi connectivity index (χ1) is 5.36. The van der Waals surface area contributed by atoms with Crippen LogP contribution in [-0.4, -0.2) is 12.1 Å². The van der Waals surface area contributed by atoms with Gasteiger partial charge in [-0.3, -0.25) is 0 Å². The summed E-state index contributed by atoms with van der Waals surface area (Å²) in [5.41, 5.74) is 2.67. The molecule has 1 rings (SSSR count). The molecular formula is C7H9N2O2-. The molecule has 0 fully saturated rings. The average molecular weight is 153 g/mol. The van der Waals surface area contributed by atoms with Gasteiger partial charge in [-0.2, -0.15) is 0 Å². The standard InChI is InChI=1S/C7H9N2O2/c1-11-7-4-6(5-9-10)2-3-8-7/h2-4,9H,5H2,1H3/q-1. The minimum absolute atomic E-state index is 0.291. The van der Waals surface area contributed by atoms with E-state index in [0.29, 0.717) is 12.4 Å². The van der Waals surface area contributed by atoms with Crippen LogP contribution in [0.2, 0.25) is 0 Å². The first kappa shape index (κ1) is 7.97. The van der Waals surface area contributed by atoms with Crippen LogP contribution in [0.4, 0.5) is 0 Å². The molecule has 0 aliphatic heterocycles.